The van der Waals surface area contributed by atoms with Crippen molar-refractivity contribution in [3.8, 4) is 0 Å². The Bertz CT molecular complexity index is 1450. The third-order valence-corrected chi connectivity index (χ3v) is 7.12. The second-order valence-corrected chi connectivity index (χ2v) is 9.66. The van der Waals surface area contributed by atoms with Crippen molar-refractivity contribution < 1.29 is 23.2 Å². The highest BCUT2D eigenvalue weighted by Gasteiger charge is 2.44. The molecule has 2 aliphatic heterocycles. The summed E-state index contributed by atoms with van der Waals surface area (Å²) >= 11 is 0.958. The minimum atomic E-state index is -1.12. The summed E-state index contributed by atoms with van der Waals surface area (Å²) in [6.07, 6.45) is 3.39. The molecule has 0 fully saturated rings. The molecule has 3 aromatic rings. The standard InChI is InChI=1S/C22H17F2N3O3S.C6H8N2/c1-12-18(28)15(9-14-7-8-16(23)17(24)10-14)21(30)27-22(12)31-20(26-27)19(29)25-11-13-5-3-2-4-6-13;7-5-6-1-3-8-4-2-6/h2-8,10,15H,9,11H2,1H3,(H,25,29);1-4H,5,7H2. The van der Waals surface area contributed by atoms with E-state index in [4.69, 9.17) is 5.73 Å². The number of thioether (sulfide) groups is 1. The first-order valence-corrected chi connectivity index (χ1v) is 12.8. The summed E-state index contributed by atoms with van der Waals surface area (Å²) in [6, 6.07) is 16.4. The van der Waals surface area contributed by atoms with E-state index >= 15 is 0 Å². The first-order valence-electron chi connectivity index (χ1n) is 12.0. The molecule has 11 heteroatoms. The van der Waals surface area contributed by atoms with Crippen molar-refractivity contribution >= 4 is 34.4 Å². The summed E-state index contributed by atoms with van der Waals surface area (Å²) in [5, 5.41) is 8.27. The monoisotopic (exact) mass is 549 g/mol. The number of hydrogen-bond acceptors (Lipinski definition) is 7. The molecule has 39 heavy (non-hydrogen) atoms. The lowest BCUT2D eigenvalue weighted by Gasteiger charge is -2.27. The van der Waals surface area contributed by atoms with Crippen LogP contribution in [0, 0.1) is 17.6 Å². The van der Waals surface area contributed by atoms with Crippen molar-refractivity contribution in [3.05, 3.63) is 112 Å². The Morgan fingerprint density at radius 3 is 2.36 bits per heavy atom. The van der Waals surface area contributed by atoms with Crippen LogP contribution in [0.25, 0.3) is 0 Å². The molecule has 1 atom stereocenters. The normalized spacial score (nSPS) is 16.4. The number of halogens is 2. The van der Waals surface area contributed by atoms with Crippen LogP contribution in [0.4, 0.5) is 8.78 Å². The number of rotatable bonds is 6. The zero-order valence-corrected chi connectivity index (χ0v) is 21.8. The van der Waals surface area contributed by atoms with Crippen LogP contribution >= 0.6 is 11.8 Å². The fourth-order valence-corrected chi connectivity index (χ4v) is 4.79. The molecule has 3 N–H and O–H groups in total. The number of aromatic nitrogens is 1. The zero-order chi connectivity index (χ0) is 27.9. The number of allylic oxidation sites excluding steroid dienone is 1. The largest absolute Gasteiger partial charge is 0.346 e. The van der Waals surface area contributed by atoms with Gasteiger partial charge in [0, 0.05) is 31.1 Å². The topological polar surface area (TPSA) is 118 Å². The second kappa shape index (κ2) is 12.5. The Morgan fingerprint density at radius 2 is 1.72 bits per heavy atom. The summed E-state index contributed by atoms with van der Waals surface area (Å²) in [4.78, 5) is 42.1. The molecular weight excluding hydrogens is 524 g/mol. The Labute approximate surface area is 228 Å². The lowest BCUT2D eigenvalue weighted by Crippen LogP contribution is -2.41. The van der Waals surface area contributed by atoms with Crippen LogP contribution in [0.5, 0.6) is 0 Å². The molecule has 0 aliphatic carbocycles. The number of hydrazone groups is 1. The molecule has 5 rings (SSSR count). The summed E-state index contributed by atoms with van der Waals surface area (Å²) in [6.45, 7) is 2.45. The molecule has 0 radical (unpaired) electrons. The average Bonchev–Trinajstić information content (AvgIpc) is 3.42. The van der Waals surface area contributed by atoms with Crippen molar-refractivity contribution in [1.82, 2.24) is 15.3 Å². The Balaban J connectivity index is 0.000000379. The highest BCUT2D eigenvalue weighted by atomic mass is 32.2. The highest BCUT2D eigenvalue weighted by molar-refractivity contribution is 8.19. The Hall–Kier alpha value is -4.22. The molecule has 1 aromatic heterocycles. The molecule has 2 aromatic carbocycles. The van der Waals surface area contributed by atoms with Gasteiger partial charge in [-0.05, 0) is 66.1 Å². The van der Waals surface area contributed by atoms with Gasteiger partial charge in [0.2, 0.25) is 0 Å². The minimum Gasteiger partial charge on any atom is -0.346 e. The number of carbonyl (C=O) groups excluding carboxylic acids is 3. The van der Waals surface area contributed by atoms with Crippen molar-refractivity contribution in [1.29, 1.82) is 0 Å². The summed E-state index contributed by atoms with van der Waals surface area (Å²) < 4.78 is 26.7. The van der Waals surface area contributed by atoms with Gasteiger partial charge < -0.3 is 11.1 Å². The SMILES string of the molecule is CC1=C2SC(C(=O)NCc3ccccc3)=NN2C(=O)C(Cc2ccc(F)c(F)c2)C1=O.NCc1ccncc1. The molecule has 200 valence electrons. The van der Waals surface area contributed by atoms with Gasteiger partial charge in [0.25, 0.3) is 11.8 Å². The van der Waals surface area contributed by atoms with E-state index in [-0.39, 0.29) is 11.5 Å². The number of pyridine rings is 1. The van der Waals surface area contributed by atoms with Crippen LogP contribution in [0.1, 0.15) is 23.6 Å². The number of fused-ring (bicyclic) bond motifs is 1. The first kappa shape index (κ1) is 27.8. The number of nitrogens with one attached hydrogen (secondary N) is 1. The summed E-state index contributed by atoms with van der Waals surface area (Å²) in [5.74, 6) is -4.66. The molecule has 0 saturated carbocycles. The van der Waals surface area contributed by atoms with Gasteiger partial charge in [-0.15, -0.1) is 0 Å². The van der Waals surface area contributed by atoms with E-state index in [0.717, 1.165) is 40.0 Å². The van der Waals surface area contributed by atoms with Gasteiger partial charge >= 0.3 is 0 Å². The molecule has 2 aliphatic rings. The van der Waals surface area contributed by atoms with E-state index in [1.165, 1.54) is 6.07 Å². The van der Waals surface area contributed by atoms with Crippen LogP contribution in [0.2, 0.25) is 0 Å². The lowest BCUT2D eigenvalue weighted by atomic mass is 9.89. The van der Waals surface area contributed by atoms with Crippen LogP contribution in [-0.2, 0) is 33.9 Å². The van der Waals surface area contributed by atoms with Gasteiger partial charge in [-0.25, -0.2) is 8.78 Å². The van der Waals surface area contributed by atoms with E-state index < -0.39 is 35.1 Å². The Morgan fingerprint density at radius 1 is 1.00 bits per heavy atom. The van der Waals surface area contributed by atoms with Gasteiger partial charge in [0.15, 0.2) is 22.5 Å². The van der Waals surface area contributed by atoms with Gasteiger partial charge in [-0.1, -0.05) is 36.4 Å². The van der Waals surface area contributed by atoms with Crippen molar-refractivity contribution in [2.24, 2.45) is 16.8 Å². The van der Waals surface area contributed by atoms with Crippen molar-refractivity contribution in [2.75, 3.05) is 0 Å². The zero-order valence-electron chi connectivity index (χ0n) is 20.9. The van der Waals surface area contributed by atoms with Gasteiger partial charge in [0.05, 0.1) is 0 Å². The number of amides is 2. The smallest absolute Gasteiger partial charge is 0.279 e. The number of carbonyl (C=O) groups is 3. The third-order valence-electron chi connectivity index (χ3n) is 5.99. The maximum atomic E-state index is 13.5. The van der Waals surface area contributed by atoms with Gasteiger partial charge in [-0.3, -0.25) is 19.4 Å². The number of benzene rings is 2. The summed E-state index contributed by atoms with van der Waals surface area (Å²) in [5.41, 5.74) is 7.97. The van der Waals surface area contributed by atoms with E-state index in [1.54, 1.807) is 19.3 Å². The van der Waals surface area contributed by atoms with E-state index in [9.17, 15) is 23.2 Å². The fraction of sp³-hybridized carbons (Fsp3) is 0.179. The number of nitrogens with zero attached hydrogens (tertiary/aromatic N) is 3. The van der Waals surface area contributed by atoms with Gasteiger partial charge in [0.1, 0.15) is 10.9 Å². The van der Waals surface area contributed by atoms with Crippen molar-refractivity contribution in [2.45, 2.75) is 26.4 Å². The second-order valence-electron chi connectivity index (χ2n) is 8.68. The van der Waals surface area contributed by atoms with Crippen LogP contribution in [0.15, 0.2) is 88.8 Å². The molecule has 0 saturated heterocycles. The first-order chi connectivity index (χ1) is 18.8. The number of hydrogen-bond donors (Lipinski definition) is 2. The van der Waals surface area contributed by atoms with E-state index in [1.807, 2.05) is 42.5 Å². The molecule has 1 unspecified atom stereocenters. The molecule has 0 bridgehead atoms. The van der Waals surface area contributed by atoms with Gasteiger partial charge in [-0.2, -0.15) is 10.1 Å². The molecule has 2 amide bonds. The Kier molecular flexibility index (Phi) is 8.95. The maximum absolute atomic E-state index is 13.5. The van der Waals surface area contributed by atoms with Crippen LogP contribution < -0.4 is 11.1 Å². The highest BCUT2D eigenvalue weighted by Crippen LogP contribution is 2.39. The number of Topliss-reactive ketones (excluding diaryl/α,β-unsaturated/α-hetero) is 1. The quantitative estimate of drug-likeness (QED) is 0.453. The maximum Gasteiger partial charge on any atom is 0.279 e. The summed E-state index contributed by atoms with van der Waals surface area (Å²) in [7, 11) is 0. The molecule has 3 heterocycles. The van der Waals surface area contributed by atoms with Crippen LogP contribution in [0.3, 0.4) is 0 Å². The predicted octanol–water partition coefficient (Wildman–Crippen LogP) is 3.68. The van der Waals surface area contributed by atoms with E-state index in [2.05, 4.69) is 15.4 Å². The van der Waals surface area contributed by atoms with Crippen LogP contribution in [-0.4, -0.2) is 32.6 Å². The third kappa shape index (κ3) is 6.62. The molecule has 8 nitrogen and oxygen atoms in total. The predicted molar refractivity (Wildman–Crippen MR) is 144 cm³/mol. The minimum absolute atomic E-state index is 0.0555. The van der Waals surface area contributed by atoms with E-state index in [0.29, 0.717) is 29.3 Å². The van der Waals surface area contributed by atoms with Crippen molar-refractivity contribution in [3.63, 3.8) is 0 Å². The lowest BCUT2D eigenvalue weighted by molar-refractivity contribution is -0.139. The molecular formula is C28H25F2N5O3S. The number of nitrogens with two attached hydrogens (primary N) is 1. The average molecular weight is 550 g/mol. The number of ketones is 1. The fourth-order valence-electron chi connectivity index (χ4n) is 3.85. The molecule has 0 spiro atoms.